The second-order valence-electron chi connectivity index (χ2n) is 7.88. The average molecular weight is 517 g/mol. The number of benzene rings is 3. The number of anilines is 1. The first-order valence-electron chi connectivity index (χ1n) is 10.5. The maximum Gasteiger partial charge on any atom is 0.300 e. The summed E-state index contributed by atoms with van der Waals surface area (Å²) >= 11 is 3.49. The van der Waals surface area contributed by atoms with Gasteiger partial charge in [-0.3, -0.25) is 14.5 Å². The molecule has 0 bridgehead atoms. The van der Waals surface area contributed by atoms with E-state index >= 15 is 0 Å². The van der Waals surface area contributed by atoms with Gasteiger partial charge in [0.1, 0.15) is 0 Å². The van der Waals surface area contributed by atoms with Crippen LogP contribution in [0.4, 0.5) is 5.69 Å². The van der Waals surface area contributed by atoms with E-state index in [2.05, 4.69) is 20.9 Å². The fraction of sp³-hybridized carbons (Fsp3) is 0.120. The van der Waals surface area contributed by atoms with Gasteiger partial charge in [0.2, 0.25) is 0 Å². The van der Waals surface area contributed by atoms with Crippen LogP contribution < -0.4 is 19.9 Å². The van der Waals surface area contributed by atoms with E-state index in [-0.39, 0.29) is 11.6 Å². The molecule has 0 fully saturated rings. The lowest BCUT2D eigenvalue weighted by atomic mass is 10.0. The van der Waals surface area contributed by atoms with Crippen LogP contribution in [0.2, 0.25) is 0 Å². The van der Waals surface area contributed by atoms with E-state index < -0.39 is 11.7 Å². The Kier molecular flexibility index (Phi) is 4.56. The van der Waals surface area contributed by atoms with Gasteiger partial charge in [-0.05, 0) is 24.3 Å². The lowest BCUT2D eigenvalue weighted by Crippen LogP contribution is -2.39. The summed E-state index contributed by atoms with van der Waals surface area (Å²) in [7, 11) is 3.03. The quantitative estimate of drug-likeness (QED) is 0.404. The van der Waals surface area contributed by atoms with Crippen molar-refractivity contribution in [2.75, 3.05) is 19.1 Å². The Morgan fingerprint density at radius 3 is 2.50 bits per heavy atom. The van der Waals surface area contributed by atoms with Gasteiger partial charge in [0.15, 0.2) is 29.2 Å². The van der Waals surface area contributed by atoms with Crippen molar-refractivity contribution in [1.29, 1.82) is 0 Å². The van der Waals surface area contributed by atoms with Crippen LogP contribution >= 0.6 is 15.9 Å². The Hall–Kier alpha value is -3.98. The highest BCUT2D eigenvalue weighted by Crippen LogP contribution is 2.50. The van der Waals surface area contributed by atoms with E-state index in [0.29, 0.717) is 45.3 Å². The third-order valence-corrected chi connectivity index (χ3v) is 6.60. The molecule has 8 nitrogen and oxygen atoms in total. The molecule has 3 heterocycles. The van der Waals surface area contributed by atoms with Crippen molar-refractivity contribution >= 4 is 27.5 Å². The smallest absolute Gasteiger partial charge is 0.300 e. The average Bonchev–Trinajstić information content (AvgIpc) is 3.16. The molecule has 1 aromatic heterocycles. The van der Waals surface area contributed by atoms with Gasteiger partial charge in [0.25, 0.3) is 11.5 Å². The van der Waals surface area contributed by atoms with E-state index in [1.54, 1.807) is 15.6 Å². The molecule has 168 valence electrons. The molecular weight excluding hydrogens is 500 g/mol. The highest BCUT2D eigenvalue weighted by molar-refractivity contribution is 9.10. The summed E-state index contributed by atoms with van der Waals surface area (Å²) in [4.78, 5) is 33.0. The summed E-state index contributed by atoms with van der Waals surface area (Å²) < 4.78 is 13.5. The zero-order valence-corrected chi connectivity index (χ0v) is 19.7. The SMILES string of the molecule is COc1ccc2c(c1OC)C(=O)N1c3ccc(Br)cc3-c3nc(=O)c(-c4ccccc4)nn3[C@H]21. The molecule has 0 N–H and O–H groups in total. The standard InChI is InChI=1S/C25H17BrN4O4/c1-33-18-11-9-15-19(21(18)34-2)25(32)29-17-10-8-14(26)12-16(17)22-27-23(31)20(28-30(22)24(15)29)13-6-4-3-5-7-13/h3-12,24H,1-2H3/t24-/m1/s1. The van der Waals surface area contributed by atoms with Crippen molar-refractivity contribution < 1.29 is 14.3 Å². The van der Waals surface area contributed by atoms with Gasteiger partial charge in [-0.2, -0.15) is 10.1 Å². The molecule has 0 saturated heterocycles. The van der Waals surface area contributed by atoms with Crippen molar-refractivity contribution in [2.24, 2.45) is 0 Å². The lowest BCUT2D eigenvalue weighted by Gasteiger charge is -2.34. The van der Waals surface area contributed by atoms with Crippen molar-refractivity contribution in [3.63, 3.8) is 0 Å². The molecule has 0 saturated carbocycles. The monoisotopic (exact) mass is 516 g/mol. The lowest BCUT2D eigenvalue weighted by molar-refractivity contribution is 0.0983. The predicted octanol–water partition coefficient (Wildman–Crippen LogP) is 4.27. The first-order chi connectivity index (χ1) is 16.5. The van der Waals surface area contributed by atoms with E-state index in [4.69, 9.17) is 14.6 Å². The van der Waals surface area contributed by atoms with E-state index in [9.17, 15) is 9.59 Å². The van der Waals surface area contributed by atoms with Gasteiger partial charge in [-0.1, -0.05) is 52.3 Å². The fourth-order valence-electron chi connectivity index (χ4n) is 4.66. The van der Waals surface area contributed by atoms with Crippen molar-refractivity contribution in [3.8, 4) is 34.1 Å². The van der Waals surface area contributed by atoms with Crippen LogP contribution in [0.15, 0.2) is 69.9 Å². The summed E-state index contributed by atoms with van der Waals surface area (Å²) in [5.41, 5.74) is 2.78. The minimum atomic E-state index is -0.637. The van der Waals surface area contributed by atoms with Gasteiger partial charge < -0.3 is 9.47 Å². The number of amides is 1. The number of nitrogens with zero attached hydrogens (tertiary/aromatic N) is 4. The zero-order valence-electron chi connectivity index (χ0n) is 18.2. The Balaban J connectivity index is 1.69. The second-order valence-corrected chi connectivity index (χ2v) is 8.79. The van der Waals surface area contributed by atoms with E-state index in [1.807, 2.05) is 54.6 Å². The van der Waals surface area contributed by atoms with Crippen LogP contribution in [0.25, 0.3) is 22.6 Å². The third kappa shape index (κ3) is 2.76. The summed E-state index contributed by atoms with van der Waals surface area (Å²) in [5, 5.41) is 4.75. The molecule has 34 heavy (non-hydrogen) atoms. The number of fused-ring (bicyclic) bond motifs is 8. The Labute approximate surface area is 202 Å². The number of hydrogen-bond donors (Lipinski definition) is 0. The summed E-state index contributed by atoms with van der Waals surface area (Å²) in [6.45, 7) is 0. The van der Waals surface area contributed by atoms with Crippen molar-refractivity contribution in [1.82, 2.24) is 14.8 Å². The zero-order chi connectivity index (χ0) is 23.6. The molecular formula is C25H17BrN4O4. The van der Waals surface area contributed by atoms with Gasteiger partial charge >= 0.3 is 0 Å². The minimum absolute atomic E-state index is 0.212. The van der Waals surface area contributed by atoms with Crippen LogP contribution in [0, 0.1) is 0 Å². The molecule has 3 aromatic carbocycles. The first-order valence-corrected chi connectivity index (χ1v) is 11.3. The molecule has 0 unspecified atom stereocenters. The number of hydrogen-bond acceptors (Lipinski definition) is 6. The molecule has 2 aliphatic rings. The second kappa shape index (κ2) is 7.53. The number of carbonyl (C=O) groups is 1. The number of aromatic nitrogens is 3. The molecule has 2 aliphatic heterocycles. The van der Waals surface area contributed by atoms with Crippen LogP contribution in [-0.2, 0) is 0 Å². The number of methoxy groups -OCH3 is 2. The molecule has 1 amide bonds. The molecule has 0 radical (unpaired) electrons. The van der Waals surface area contributed by atoms with Crippen molar-refractivity contribution in [2.45, 2.75) is 6.17 Å². The van der Waals surface area contributed by atoms with Crippen LogP contribution in [0.3, 0.4) is 0 Å². The Morgan fingerprint density at radius 1 is 0.971 bits per heavy atom. The summed E-state index contributed by atoms with van der Waals surface area (Å²) in [5.74, 6) is 0.961. The van der Waals surface area contributed by atoms with E-state index in [0.717, 1.165) is 4.47 Å². The highest BCUT2D eigenvalue weighted by atomic mass is 79.9. The number of carbonyl (C=O) groups excluding carboxylic acids is 1. The molecule has 9 heteroatoms. The van der Waals surface area contributed by atoms with Crippen LogP contribution in [-0.4, -0.2) is 34.9 Å². The fourth-order valence-corrected chi connectivity index (χ4v) is 5.02. The number of rotatable bonds is 3. The maximum atomic E-state index is 13.8. The highest BCUT2D eigenvalue weighted by Gasteiger charge is 2.47. The predicted molar refractivity (Wildman–Crippen MR) is 129 cm³/mol. The Bertz CT molecular complexity index is 1550. The van der Waals surface area contributed by atoms with Crippen molar-refractivity contribution in [3.05, 3.63) is 86.6 Å². The molecule has 0 aliphatic carbocycles. The largest absolute Gasteiger partial charge is 0.493 e. The topological polar surface area (TPSA) is 86.6 Å². The normalized spacial score (nSPS) is 15.3. The molecule has 1 atom stereocenters. The van der Waals surface area contributed by atoms with Gasteiger partial charge in [-0.25, -0.2) is 4.68 Å². The maximum absolute atomic E-state index is 13.8. The molecule has 0 spiro atoms. The Morgan fingerprint density at radius 2 is 1.76 bits per heavy atom. The first kappa shape index (κ1) is 20.6. The summed E-state index contributed by atoms with van der Waals surface area (Å²) in [6, 6.07) is 18.3. The minimum Gasteiger partial charge on any atom is -0.493 e. The third-order valence-electron chi connectivity index (χ3n) is 6.11. The molecule has 4 aromatic rings. The van der Waals surface area contributed by atoms with Gasteiger partial charge in [0.05, 0.1) is 25.5 Å². The van der Waals surface area contributed by atoms with Gasteiger partial charge in [0, 0.05) is 21.2 Å². The number of ether oxygens (including phenoxy) is 2. The molecule has 6 rings (SSSR count). The van der Waals surface area contributed by atoms with E-state index in [1.165, 1.54) is 14.2 Å². The van der Waals surface area contributed by atoms with Gasteiger partial charge in [-0.15, -0.1) is 0 Å². The number of halogens is 1. The summed E-state index contributed by atoms with van der Waals surface area (Å²) in [6.07, 6.45) is -0.637. The van der Waals surface area contributed by atoms with Crippen LogP contribution in [0.1, 0.15) is 22.1 Å². The van der Waals surface area contributed by atoms with Crippen LogP contribution in [0.5, 0.6) is 11.5 Å².